The molecule has 9 heteroatoms. The van der Waals surface area contributed by atoms with E-state index in [1.54, 1.807) is 18.5 Å². The molecule has 7 nitrogen and oxygen atoms in total. The van der Waals surface area contributed by atoms with Crippen molar-refractivity contribution in [3.8, 4) is 0 Å². The Morgan fingerprint density at radius 1 is 1.29 bits per heavy atom. The number of aromatic nitrogens is 2. The van der Waals surface area contributed by atoms with E-state index >= 15 is 0 Å². The van der Waals surface area contributed by atoms with Gasteiger partial charge in [-0.3, -0.25) is 4.79 Å². The fourth-order valence-electron chi connectivity index (χ4n) is 2.30. The topological polar surface area (TPSA) is 79.4 Å². The van der Waals surface area contributed by atoms with Gasteiger partial charge in [0.25, 0.3) is 5.91 Å². The Kier molecular flexibility index (Phi) is 5.84. The maximum atomic E-state index is 11.9. The van der Waals surface area contributed by atoms with Gasteiger partial charge >= 0.3 is 0 Å². The molecule has 1 aliphatic rings. The Hall–Kier alpha value is -1.90. The third-order valence-corrected chi connectivity index (χ3v) is 4.73. The van der Waals surface area contributed by atoms with E-state index < -0.39 is 0 Å². The Labute approximate surface area is 149 Å². The fourth-order valence-corrected chi connectivity index (χ4v) is 3.26. The normalized spacial score (nSPS) is 14.5. The molecular weight excluding hydrogens is 350 g/mol. The highest BCUT2D eigenvalue weighted by Crippen LogP contribution is 2.21. The van der Waals surface area contributed by atoms with Crippen molar-refractivity contribution in [3.05, 3.63) is 33.7 Å². The van der Waals surface area contributed by atoms with E-state index in [9.17, 15) is 4.79 Å². The van der Waals surface area contributed by atoms with E-state index in [4.69, 9.17) is 16.3 Å². The first-order chi connectivity index (χ1) is 11.7. The molecule has 2 N–H and O–H groups in total. The molecule has 0 saturated carbocycles. The summed E-state index contributed by atoms with van der Waals surface area (Å²) in [7, 11) is 0. The van der Waals surface area contributed by atoms with Gasteiger partial charge in [-0.15, -0.1) is 11.3 Å². The quantitative estimate of drug-likeness (QED) is 0.759. The van der Waals surface area contributed by atoms with Crippen LogP contribution in [0.3, 0.4) is 0 Å². The lowest BCUT2D eigenvalue weighted by Crippen LogP contribution is -2.36. The van der Waals surface area contributed by atoms with E-state index in [1.807, 2.05) is 6.07 Å². The molecule has 0 bridgehead atoms. The van der Waals surface area contributed by atoms with Crippen molar-refractivity contribution >= 4 is 40.5 Å². The summed E-state index contributed by atoms with van der Waals surface area (Å²) >= 11 is 7.09. The van der Waals surface area contributed by atoms with Crippen LogP contribution in [0.5, 0.6) is 0 Å². The summed E-state index contributed by atoms with van der Waals surface area (Å²) in [6, 6.07) is 5.34. The number of rotatable bonds is 6. The van der Waals surface area contributed by atoms with Crippen molar-refractivity contribution < 1.29 is 9.53 Å². The second kappa shape index (κ2) is 8.27. The van der Waals surface area contributed by atoms with Crippen LogP contribution in [0.2, 0.25) is 4.34 Å². The molecule has 3 rings (SSSR count). The van der Waals surface area contributed by atoms with Gasteiger partial charge in [-0.1, -0.05) is 11.6 Å². The Morgan fingerprint density at radius 3 is 2.88 bits per heavy atom. The first-order valence-corrected chi connectivity index (χ1v) is 8.84. The Morgan fingerprint density at radius 2 is 2.12 bits per heavy atom. The average molecular weight is 368 g/mol. The minimum absolute atomic E-state index is 0.120. The van der Waals surface area contributed by atoms with Crippen molar-refractivity contribution in [2.45, 2.75) is 0 Å². The number of morpholine rings is 1. The number of anilines is 2. The highest BCUT2D eigenvalue weighted by molar-refractivity contribution is 7.17. The zero-order valence-electron chi connectivity index (χ0n) is 13.0. The van der Waals surface area contributed by atoms with Gasteiger partial charge in [-0.05, 0) is 12.1 Å². The second-order valence-electron chi connectivity index (χ2n) is 5.15. The molecule has 0 aromatic carbocycles. The average Bonchev–Trinajstić information content (AvgIpc) is 3.06. The predicted octanol–water partition coefficient (Wildman–Crippen LogP) is 1.87. The van der Waals surface area contributed by atoms with Crippen LogP contribution in [0.1, 0.15) is 9.67 Å². The molecule has 1 fully saturated rings. The summed E-state index contributed by atoms with van der Waals surface area (Å²) in [4.78, 5) is 23.2. The van der Waals surface area contributed by atoms with Gasteiger partial charge in [-0.2, -0.15) is 0 Å². The summed E-state index contributed by atoms with van der Waals surface area (Å²) < 4.78 is 5.95. The van der Waals surface area contributed by atoms with E-state index in [2.05, 4.69) is 25.5 Å². The first-order valence-electron chi connectivity index (χ1n) is 7.64. The van der Waals surface area contributed by atoms with Crippen LogP contribution >= 0.6 is 22.9 Å². The number of amides is 1. The third-order valence-electron chi connectivity index (χ3n) is 3.50. The molecule has 1 aliphatic heterocycles. The lowest BCUT2D eigenvalue weighted by Gasteiger charge is -2.27. The predicted molar refractivity (Wildman–Crippen MR) is 95.2 cm³/mol. The van der Waals surface area contributed by atoms with Crippen molar-refractivity contribution in [2.24, 2.45) is 0 Å². The van der Waals surface area contributed by atoms with E-state index in [0.717, 1.165) is 24.7 Å². The number of hydrogen-bond acceptors (Lipinski definition) is 7. The number of hydrogen-bond donors (Lipinski definition) is 2. The van der Waals surface area contributed by atoms with Gasteiger partial charge < -0.3 is 20.3 Å². The third kappa shape index (κ3) is 4.56. The van der Waals surface area contributed by atoms with Gasteiger partial charge in [0.15, 0.2) is 0 Å². The van der Waals surface area contributed by atoms with Crippen LogP contribution in [0.25, 0.3) is 0 Å². The van der Waals surface area contributed by atoms with Crippen LogP contribution in [0.4, 0.5) is 11.6 Å². The van der Waals surface area contributed by atoms with Crippen molar-refractivity contribution in [3.63, 3.8) is 0 Å². The SMILES string of the molecule is O=C(NCCNc1cc(N2CCOCC2)ncn1)c1ccc(Cl)s1. The van der Waals surface area contributed by atoms with Crippen LogP contribution in [0.15, 0.2) is 24.5 Å². The Balaban J connectivity index is 1.45. The zero-order chi connectivity index (χ0) is 16.8. The number of carbonyl (C=O) groups excluding carboxylic acids is 1. The Bertz CT molecular complexity index is 690. The number of thiophene rings is 1. The molecular formula is C15H18ClN5O2S. The van der Waals surface area contributed by atoms with Crippen molar-refractivity contribution in [2.75, 3.05) is 49.6 Å². The summed E-state index contributed by atoms with van der Waals surface area (Å²) in [5.74, 6) is 1.50. The van der Waals surface area contributed by atoms with Gasteiger partial charge in [0.05, 0.1) is 22.4 Å². The summed E-state index contributed by atoms with van der Waals surface area (Å²) in [5, 5.41) is 6.03. The van der Waals surface area contributed by atoms with Crippen molar-refractivity contribution in [1.29, 1.82) is 0 Å². The molecule has 3 heterocycles. The summed E-state index contributed by atoms with van der Waals surface area (Å²) in [5.41, 5.74) is 0. The van der Waals surface area contributed by atoms with Crippen LogP contribution in [-0.2, 0) is 4.74 Å². The lowest BCUT2D eigenvalue weighted by molar-refractivity contribution is 0.0959. The molecule has 0 unspecified atom stereocenters. The van der Waals surface area contributed by atoms with Gasteiger partial charge in [0, 0.05) is 32.2 Å². The van der Waals surface area contributed by atoms with Crippen LogP contribution in [0, 0.1) is 0 Å². The molecule has 0 spiro atoms. The van der Waals surface area contributed by atoms with E-state index in [-0.39, 0.29) is 5.91 Å². The summed E-state index contributed by atoms with van der Waals surface area (Å²) in [6.45, 7) is 4.15. The highest BCUT2D eigenvalue weighted by Gasteiger charge is 2.13. The maximum absolute atomic E-state index is 11.9. The largest absolute Gasteiger partial charge is 0.378 e. The molecule has 2 aromatic rings. The standard InChI is InChI=1S/C15H18ClN5O2S/c16-12-2-1-11(24-12)15(22)18-4-3-17-13-9-14(20-10-19-13)21-5-7-23-8-6-21/h1-2,9-10H,3-8H2,(H,18,22)(H,17,19,20). The van der Waals surface area contributed by atoms with Crippen LogP contribution in [-0.4, -0.2) is 55.3 Å². The smallest absolute Gasteiger partial charge is 0.261 e. The minimum atomic E-state index is -0.120. The first kappa shape index (κ1) is 16.9. The number of ether oxygens (including phenoxy) is 1. The van der Waals surface area contributed by atoms with Crippen molar-refractivity contribution in [1.82, 2.24) is 15.3 Å². The van der Waals surface area contributed by atoms with Gasteiger partial charge in [-0.25, -0.2) is 9.97 Å². The fraction of sp³-hybridized carbons (Fsp3) is 0.400. The van der Waals surface area contributed by atoms with E-state index in [0.29, 0.717) is 35.5 Å². The molecule has 1 saturated heterocycles. The van der Waals surface area contributed by atoms with Gasteiger partial charge in [0.2, 0.25) is 0 Å². The number of nitrogens with one attached hydrogen (secondary N) is 2. The zero-order valence-corrected chi connectivity index (χ0v) is 14.6. The maximum Gasteiger partial charge on any atom is 0.261 e. The molecule has 24 heavy (non-hydrogen) atoms. The minimum Gasteiger partial charge on any atom is -0.378 e. The molecule has 0 aliphatic carbocycles. The molecule has 0 atom stereocenters. The highest BCUT2D eigenvalue weighted by atomic mass is 35.5. The molecule has 128 valence electrons. The number of carbonyl (C=O) groups is 1. The molecule has 0 radical (unpaired) electrons. The lowest BCUT2D eigenvalue weighted by atomic mass is 10.4. The van der Waals surface area contributed by atoms with E-state index in [1.165, 1.54) is 11.3 Å². The monoisotopic (exact) mass is 367 g/mol. The molecule has 2 aromatic heterocycles. The summed E-state index contributed by atoms with van der Waals surface area (Å²) in [6.07, 6.45) is 1.54. The van der Waals surface area contributed by atoms with Crippen LogP contribution < -0.4 is 15.5 Å². The van der Waals surface area contributed by atoms with Gasteiger partial charge in [0.1, 0.15) is 18.0 Å². The number of nitrogens with zero attached hydrogens (tertiary/aromatic N) is 3. The molecule has 1 amide bonds. The number of halogens is 1. The second-order valence-corrected chi connectivity index (χ2v) is 6.86.